The van der Waals surface area contributed by atoms with E-state index in [9.17, 15) is 9.59 Å². The molecule has 1 amide bonds. The largest absolute Gasteiger partial charge is 0.493 e. The van der Waals surface area contributed by atoms with Gasteiger partial charge >= 0.3 is 0 Å². The Kier molecular flexibility index (Phi) is 7.22. The van der Waals surface area contributed by atoms with Crippen molar-refractivity contribution in [3.8, 4) is 11.5 Å². The average molecular weight is 415 g/mol. The van der Waals surface area contributed by atoms with Gasteiger partial charge < -0.3 is 14.8 Å². The molecule has 0 aliphatic rings. The zero-order chi connectivity index (χ0) is 22.2. The van der Waals surface area contributed by atoms with E-state index < -0.39 is 0 Å². The first kappa shape index (κ1) is 21.8. The van der Waals surface area contributed by atoms with Gasteiger partial charge in [0.15, 0.2) is 23.9 Å². The number of carbonyl (C=O) groups is 2. The first-order valence-corrected chi connectivity index (χ1v) is 9.91. The van der Waals surface area contributed by atoms with Crippen molar-refractivity contribution in [3.05, 3.63) is 95.1 Å². The van der Waals surface area contributed by atoms with Gasteiger partial charge in [-0.05, 0) is 55.3 Å². The summed E-state index contributed by atoms with van der Waals surface area (Å²) in [7, 11) is 1.53. The molecule has 3 rings (SSSR count). The van der Waals surface area contributed by atoms with E-state index in [1.165, 1.54) is 13.2 Å². The minimum atomic E-state index is -0.260. The molecule has 158 valence electrons. The first-order chi connectivity index (χ1) is 15.0. The van der Waals surface area contributed by atoms with E-state index in [4.69, 9.17) is 9.47 Å². The zero-order valence-electron chi connectivity index (χ0n) is 17.8. The van der Waals surface area contributed by atoms with Gasteiger partial charge in [0.05, 0.1) is 7.11 Å². The van der Waals surface area contributed by atoms with Crippen molar-refractivity contribution in [1.82, 2.24) is 0 Å². The summed E-state index contributed by atoms with van der Waals surface area (Å²) in [5.74, 6) is 0.596. The lowest BCUT2D eigenvalue weighted by Gasteiger charge is -2.12. The summed E-state index contributed by atoms with van der Waals surface area (Å²) in [5, 5.41) is 2.83. The van der Waals surface area contributed by atoms with Crippen molar-refractivity contribution in [2.75, 3.05) is 19.0 Å². The van der Waals surface area contributed by atoms with Gasteiger partial charge in [-0.3, -0.25) is 9.59 Å². The molecule has 1 N–H and O–H groups in total. The Bertz CT molecular complexity index is 1120. The van der Waals surface area contributed by atoms with Crippen LogP contribution >= 0.6 is 0 Å². The molecule has 0 bridgehead atoms. The lowest BCUT2D eigenvalue weighted by Crippen LogP contribution is -2.20. The second kappa shape index (κ2) is 10.3. The summed E-state index contributed by atoms with van der Waals surface area (Å²) in [4.78, 5) is 24.6. The monoisotopic (exact) mass is 415 g/mol. The van der Waals surface area contributed by atoms with Gasteiger partial charge in [-0.15, -0.1) is 0 Å². The fourth-order valence-corrected chi connectivity index (χ4v) is 3.02. The van der Waals surface area contributed by atoms with Crippen molar-refractivity contribution in [1.29, 1.82) is 0 Å². The van der Waals surface area contributed by atoms with Crippen LogP contribution in [0.15, 0.2) is 72.8 Å². The molecule has 5 nitrogen and oxygen atoms in total. The SMILES string of the molecule is COc1cc(/C=C/C(=O)c2cccc(C)c2)ccc1OCC(=O)Nc1ccccc1C. The summed E-state index contributed by atoms with van der Waals surface area (Å²) in [6, 6.07) is 20.3. The van der Waals surface area contributed by atoms with Gasteiger partial charge in [0.1, 0.15) is 0 Å². The fraction of sp³-hybridized carbons (Fsp3) is 0.154. The average Bonchev–Trinajstić information content (AvgIpc) is 2.77. The number of hydrogen-bond donors (Lipinski definition) is 1. The maximum absolute atomic E-state index is 12.4. The van der Waals surface area contributed by atoms with Crippen LogP contribution in [0.3, 0.4) is 0 Å². The molecule has 0 atom stereocenters. The summed E-state index contributed by atoms with van der Waals surface area (Å²) in [6.45, 7) is 3.73. The van der Waals surface area contributed by atoms with Crippen LogP contribution in [0, 0.1) is 13.8 Å². The lowest BCUT2D eigenvalue weighted by atomic mass is 10.1. The van der Waals surface area contributed by atoms with E-state index in [1.54, 1.807) is 30.3 Å². The number of aryl methyl sites for hydroxylation is 2. The van der Waals surface area contributed by atoms with Gasteiger partial charge in [0.2, 0.25) is 0 Å². The highest BCUT2D eigenvalue weighted by Gasteiger charge is 2.10. The van der Waals surface area contributed by atoms with Crippen molar-refractivity contribution < 1.29 is 19.1 Å². The quantitative estimate of drug-likeness (QED) is 0.404. The van der Waals surface area contributed by atoms with Gasteiger partial charge in [-0.25, -0.2) is 0 Å². The standard InChI is InChI=1S/C26H25NO4/c1-18-7-6-9-21(15-18)23(28)13-11-20-12-14-24(25(16-20)30-3)31-17-26(29)27-22-10-5-4-8-19(22)2/h4-16H,17H2,1-3H3,(H,27,29)/b13-11+. The predicted octanol–water partition coefficient (Wildman–Crippen LogP) is 5.23. The van der Waals surface area contributed by atoms with E-state index in [1.807, 2.05) is 56.3 Å². The van der Waals surface area contributed by atoms with Gasteiger partial charge in [-0.2, -0.15) is 0 Å². The summed E-state index contributed by atoms with van der Waals surface area (Å²) >= 11 is 0. The van der Waals surface area contributed by atoms with E-state index in [2.05, 4.69) is 5.32 Å². The Morgan fingerprint density at radius 2 is 1.74 bits per heavy atom. The normalized spacial score (nSPS) is 10.7. The number of ether oxygens (including phenoxy) is 2. The minimum absolute atomic E-state index is 0.0733. The van der Waals surface area contributed by atoms with Gasteiger partial charge in [-0.1, -0.05) is 54.1 Å². The van der Waals surface area contributed by atoms with Crippen molar-refractivity contribution in [2.24, 2.45) is 0 Å². The van der Waals surface area contributed by atoms with Crippen LogP contribution in [0.2, 0.25) is 0 Å². The highest BCUT2D eigenvalue weighted by atomic mass is 16.5. The van der Waals surface area contributed by atoms with Gasteiger partial charge in [0, 0.05) is 11.3 Å². The number of rotatable bonds is 8. The third-order valence-corrected chi connectivity index (χ3v) is 4.70. The Morgan fingerprint density at radius 3 is 2.48 bits per heavy atom. The molecule has 0 saturated carbocycles. The van der Waals surface area contributed by atoms with E-state index in [0.29, 0.717) is 17.1 Å². The summed E-state index contributed by atoms with van der Waals surface area (Å²) in [6.07, 6.45) is 3.25. The Morgan fingerprint density at radius 1 is 0.935 bits per heavy atom. The Labute approximate surface area is 182 Å². The third-order valence-electron chi connectivity index (χ3n) is 4.70. The van der Waals surface area contributed by atoms with E-state index in [0.717, 1.165) is 22.4 Å². The van der Waals surface area contributed by atoms with Crippen LogP contribution < -0.4 is 14.8 Å². The van der Waals surface area contributed by atoms with Crippen LogP contribution in [-0.4, -0.2) is 25.4 Å². The maximum Gasteiger partial charge on any atom is 0.262 e. The molecule has 3 aromatic rings. The number of anilines is 1. The number of benzene rings is 3. The Hall–Kier alpha value is -3.86. The Balaban J connectivity index is 1.63. The highest BCUT2D eigenvalue weighted by molar-refractivity contribution is 6.06. The van der Waals surface area contributed by atoms with Crippen molar-refractivity contribution in [3.63, 3.8) is 0 Å². The number of methoxy groups -OCH3 is 1. The molecular weight excluding hydrogens is 390 g/mol. The number of amides is 1. The first-order valence-electron chi connectivity index (χ1n) is 9.91. The number of hydrogen-bond acceptors (Lipinski definition) is 4. The zero-order valence-corrected chi connectivity index (χ0v) is 17.8. The smallest absolute Gasteiger partial charge is 0.262 e. The van der Waals surface area contributed by atoms with E-state index >= 15 is 0 Å². The molecular formula is C26H25NO4. The predicted molar refractivity (Wildman–Crippen MR) is 123 cm³/mol. The van der Waals surface area contributed by atoms with Crippen LogP contribution in [0.1, 0.15) is 27.0 Å². The summed E-state index contributed by atoms with van der Waals surface area (Å²) < 4.78 is 11.0. The second-order valence-electron chi connectivity index (χ2n) is 7.13. The molecule has 0 saturated heterocycles. The number of carbonyl (C=O) groups excluding carboxylic acids is 2. The van der Waals surface area contributed by atoms with Crippen LogP contribution in [0.5, 0.6) is 11.5 Å². The topological polar surface area (TPSA) is 64.6 Å². The molecule has 0 unspecified atom stereocenters. The molecule has 31 heavy (non-hydrogen) atoms. The number of para-hydroxylation sites is 1. The number of nitrogens with one attached hydrogen (secondary N) is 1. The molecule has 0 aliphatic carbocycles. The summed E-state index contributed by atoms with van der Waals surface area (Å²) in [5.41, 5.74) is 4.19. The van der Waals surface area contributed by atoms with E-state index in [-0.39, 0.29) is 18.3 Å². The highest BCUT2D eigenvalue weighted by Crippen LogP contribution is 2.28. The van der Waals surface area contributed by atoms with Crippen molar-refractivity contribution >= 4 is 23.5 Å². The third kappa shape index (κ3) is 6.06. The second-order valence-corrected chi connectivity index (χ2v) is 7.13. The molecule has 5 heteroatoms. The molecule has 3 aromatic carbocycles. The van der Waals surface area contributed by atoms with Crippen LogP contribution in [0.25, 0.3) is 6.08 Å². The molecule has 0 spiro atoms. The molecule has 0 heterocycles. The van der Waals surface area contributed by atoms with Gasteiger partial charge in [0.25, 0.3) is 5.91 Å². The maximum atomic E-state index is 12.4. The molecule has 0 fully saturated rings. The molecule has 0 aromatic heterocycles. The number of allylic oxidation sites excluding steroid dienone is 1. The molecule has 0 aliphatic heterocycles. The molecule has 0 radical (unpaired) electrons. The fourth-order valence-electron chi connectivity index (χ4n) is 3.02. The number of ketones is 1. The van der Waals surface area contributed by atoms with Crippen LogP contribution in [-0.2, 0) is 4.79 Å². The van der Waals surface area contributed by atoms with Crippen LogP contribution in [0.4, 0.5) is 5.69 Å². The lowest BCUT2D eigenvalue weighted by molar-refractivity contribution is -0.118. The van der Waals surface area contributed by atoms with Crippen molar-refractivity contribution in [2.45, 2.75) is 13.8 Å². The minimum Gasteiger partial charge on any atom is -0.493 e.